The zero-order valence-electron chi connectivity index (χ0n) is 21.4. The molecule has 0 saturated carbocycles. The molecule has 234 valence electrons. The van der Waals surface area contributed by atoms with Gasteiger partial charge in [0.1, 0.15) is 29.1 Å². The van der Waals surface area contributed by atoms with Crippen molar-refractivity contribution in [3.63, 3.8) is 0 Å². The molecule has 0 aromatic heterocycles. The Morgan fingerprint density at radius 3 is 2.07 bits per heavy atom. The summed E-state index contributed by atoms with van der Waals surface area (Å²) in [6.07, 6.45) is -19.3. The number of nitrogens with zero attached hydrogens (tertiary/aromatic N) is 1. The van der Waals surface area contributed by atoms with Crippen LogP contribution < -0.4 is 5.32 Å². The summed E-state index contributed by atoms with van der Waals surface area (Å²) in [4.78, 5) is 17.7. The van der Waals surface area contributed by atoms with E-state index in [0.717, 1.165) is 12.3 Å². The smallest absolute Gasteiger partial charge is 0.386 e. The number of ether oxygens (including phenoxy) is 1. The van der Waals surface area contributed by atoms with Gasteiger partial charge < -0.3 is 14.9 Å². The van der Waals surface area contributed by atoms with E-state index in [2.05, 4.69) is 10.5 Å². The van der Waals surface area contributed by atoms with E-state index in [1.54, 1.807) is 0 Å². The average molecular weight is 665 g/mol. The van der Waals surface area contributed by atoms with Crippen molar-refractivity contribution in [2.75, 3.05) is 25.1 Å². The van der Waals surface area contributed by atoms with Crippen molar-refractivity contribution in [3.05, 3.63) is 68.7 Å². The van der Waals surface area contributed by atoms with Crippen LogP contribution in [0.4, 0.5) is 39.5 Å². The predicted octanol–water partition coefficient (Wildman–Crippen LogP) is 5.52. The van der Waals surface area contributed by atoms with Crippen molar-refractivity contribution in [3.8, 4) is 0 Å². The van der Waals surface area contributed by atoms with Crippen molar-refractivity contribution in [2.45, 2.75) is 36.3 Å². The van der Waals surface area contributed by atoms with Gasteiger partial charge in [-0.1, -0.05) is 28.9 Å². The number of hydrogen-bond acceptors (Lipinski definition) is 7. The van der Waals surface area contributed by atoms with Crippen LogP contribution in [0, 0.1) is 5.92 Å². The van der Waals surface area contributed by atoms with Crippen molar-refractivity contribution < 1.29 is 62.3 Å². The number of rotatable bonds is 5. The number of hydrogen-bond donors (Lipinski definition) is 1. The van der Waals surface area contributed by atoms with Crippen molar-refractivity contribution in [1.82, 2.24) is 5.32 Å². The fraction of sp³-hybridized carbons (Fsp3) is 0.440. The Hall–Kier alpha value is -2.89. The molecule has 0 radical (unpaired) electrons. The number of fused-ring (bicyclic) bond motifs is 2. The molecule has 0 amide bonds. The molecule has 1 saturated heterocycles. The molecule has 1 spiro atoms. The molecule has 7 nitrogen and oxygen atoms in total. The summed E-state index contributed by atoms with van der Waals surface area (Å²) in [7, 11) is -3.82. The number of oxime groups is 1. The molecule has 0 bridgehead atoms. The maximum absolute atomic E-state index is 14.4. The standard InChI is InChI=1S/C25H18ClF9N2O5S/c1-43(39,40)7-16(38)21-12-4-10(2-3-13(12)22(41-21)8-36-9-22)19-17(25(33,34)35)20(42-37-19)11-5-14(23(27,28)29)18(26)15(6-11)24(30,31)32/h2-6,17,20-21,36H,7-9H2,1H3. The minimum absolute atomic E-state index is 0.0449. The molecule has 18 heteroatoms. The summed E-state index contributed by atoms with van der Waals surface area (Å²) in [6, 6.07) is 3.70. The number of halogens is 10. The number of sulfone groups is 1. The van der Waals surface area contributed by atoms with E-state index in [1.807, 2.05) is 0 Å². The number of carbonyl (C=O) groups excluding carboxylic acids is 1. The predicted molar refractivity (Wildman–Crippen MR) is 131 cm³/mol. The van der Waals surface area contributed by atoms with Crippen LogP contribution in [0.3, 0.4) is 0 Å². The van der Waals surface area contributed by atoms with Gasteiger partial charge in [-0.25, -0.2) is 8.42 Å². The highest BCUT2D eigenvalue weighted by molar-refractivity contribution is 7.91. The van der Waals surface area contributed by atoms with E-state index in [9.17, 15) is 52.7 Å². The molecule has 3 aliphatic heterocycles. The van der Waals surface area contributed by atoms with Gasteiger partial charge >= 0.3 is 18.5 Å². The van der Waals surface area contributed by atoms with Gasteiger partial charge in [0.2, 0.25) is 0 Å². The molecule has 3 aliphatic rings. The van der Waals surface area contributed by atoms with Crippen LogP contribution >= 0.6 is 11.6 Å². The van der Waals surface area contributed by atoms with E-state index in [1.165, 1.54) is 12.1 Å². The first-order valence-corrected chi connectivity index (χ1v) is 14.6. The van der Waals surface area contributed by atoms with Crippen molar-refractivity contribution in [2.24, 2.45) is 11.1 Å². The fourth-order valence-electron chi connectivity index (χ4n) is 5.32. The Labute approximate surface area is 241 Å². The molecule has 3 unspecified atom stereocenters. The van der Waals surface area contributed by atoms with Gasteiger partial charge in [-0.05, 0) is 34.9 Å². The molecule has 1 fully saturated rings. The average Bonchev–Trinajstić information content (AvgIpc) is 3.41. The number of alkyl halides is 9. The summed E-state index contributed by atoms with van der Waals surface area (Å²) in [5.74, 6) is -4.66. The Kier molecular flexibility index (Phi) is 7.38. The van der Waals surface area contributed by atoms with Gasteiger partial charge in [0.05, 0.1) is 16.1 Å². The first kappa shape index (κ1) is 31.5. The second-order valence-corrected chi connectivity index (χ2v) is 12.9. The van der Waals surface area contributed by atoms with Gasteiger partial charge in [0.15, 0.2) is 21.7 Å². The zero-order valence-corrected chi connectivity index (χ0v) is 23.0. The van der Waals surface area contributed by atoms with Crippen molar-refractivity contribution >= 4 is 32.9 Å². The van der Waals surface area contributed by atoms with E-state index in [4.69, 9.17) is 21.2 Å². The molecule has 0 aliphatic carbocycles. The Balaban J connectivity index is 1.59. The second-order valence-electron chi connectivity index (χ2n) is 10.4. The third-order valence-corrected chi connectivity index (χ3v) is 8.45. The zero-order chi connectivity index (χ0) is 31.9. The van der Waals surface area contributed by atoms with Gasteiger partial charge in [-0.15, -0.1) is 0 Å². The molecule has 43 heavy (non-hydrogen) atoms. The molecule has 2 aromatic carbocycles. The maximum Gasteiger partial charge on any atom is 0.417 e. The Morgan fingerprint density at radius 1 is 1.02 bits per heavy atom. The van der Waals surface area contributed by atoms with Crippen LogP contribution in [0.15, 0.2) is 35.5 Å². The molecule has 2 aromatic rings. The van der Waals surface area contributed by atoms with Crippen LogP contribution in [-0.2, 0) is 42.2 Å². The third kappa shape index (κ3) is 5.71. The summed E-state index contributed by atoms with van der Waals surface area (Å²) >= 11 is 5.37. The molecule has 3 atom stereocenters. The highest BCUT2D eigenvalue weighted by Crippen LogP contribution is 2.51. The second kappa shape index (κ2) is 10.1. The van der Waals surface area contributed by atoms with Crippen molar-refractivity contribution in [1.29, 1.82) is 0 Å². The first-order valence-electron chi connectivity index (χ1n) is 12.1. The minimum Gasteiger partial charge on any atom is -0.386 e. The number of benzene rings is 2. The fourth-order valence-corrected chi connectivity index (χ4v) is 6.31. The number of carbonyl (C=O) groups is 1. The summed E-state index contributed by atoms with van der Waals surface area (Å²) in [5, 5.41) is 4.60. The van der Waals surface area contributed by atoms with Crippen LogP contribution in [0.1, 0.15) is 45.6 Å². The van der Waals surface area contributed by atoms with E-state index in [-0.39, 0.29) is 36.3 Å². The Morgan fingerprint density at radius 2 is 1.60 bits per heavy atom. The van der Waals surface area contributed by atoms with E-state index < -0.39 is 91.1 Å². The summed E-state index contributed by atoms with van der Waals surface area (Å²) < 4.78 is 154. The van der Waals surface area contributed by atoms with Crippen LogP contribution in [0.5, 0.6) is 0 Å². The molecular weight excluding hydrogens is 647 g/mol. The quantitative estimate of drug-likeness (QED) is 0.424. The van der Waals surface area contributed by atoms with Gasteiger partial charge in [0.25, 0.3) is 0 Å². The molecule has 1 N–H and O–H groups in total. The van der Waals surface area contributed by atoms with Gasteiger partial charge in [-0.3, -0.25) is 4.79 Å². The lowest BCUT2D eigenvalue weighted by molar-refractivity contribution is -0.177. The SMILES string of the molecule is CS(=O)(=O)CC(=O)C1OC2(CNC2)c2ccc(C3=NOC(c4cc(C(F)(F)F)c(Cl)c(C(F)(F)F)c4)C3C(F)(F)F)cc21. The highest BCUT2D eigenvalue weighted by atomic mass is 35.5. The van der Waals surface area contributed by atoms with Gasteiger partial charge in [-0.2, -0.15) is 39.5 Å². The van der Waals surface area contributed by atoms with E-state index >= 15 is 0 Å². The minimum atomic E-state index is -5.46. The topological polar surface area (TPSA) is 94.1 Å². The number of nitrogens with one attached hydrogen (secondary N) is 1. The molecular formula is C25H18ClF9N2O5S. The largest absolute Gasteiger partial charge is 0.417 e. The monoisotopic (exact) mass is 664 g/mol. The van der Waals surface area contributed by atoms with Crippen LogP contribution in [-0.4, -0.2) is 51.2 Å². The first-order chi connectivity index (χ1) is 19.6. The lowest BCUT2D eigenvalue weighted by atomic mass is 9.82. The highest BCUT2D eigenvalue weighted by Gasteiger charge is 2.56. The normalized spacial score (nSPS) is 23.5. The Bertz CT molecular complexity index is 1600. The number of Topliss-reactive ketones (excluding diaryl/α,β-unsaturated/α-hetero) is 1. The molecule has 5 rings (SSSR count). The van der Waals surface area contributed by atoms with E-state index in [0.29, 0.717) is 5.56 Å². The lowest BCUT2D eigenvalue weighted by Crippen LogP contribution is -2.57. The maximum atomic E-state index is 14.4. The number of ketones is 1. The van der Waals surface area contributed by atoms with Crippen LogP contribution in [0.25, 0.3) is 0 Å². The lowest BCUT2D eigenvalue weighted by Gasteiger charge is -2.39. The van der Waals surface area contributed by atoms with Gasteiger partial charge in [0, 0.05) is 24.9 Å². The molecule has 3 heterocycles. The van der Waals surface area contributed by atoms with Crippen LogP contribution in [0.2, 0.25) is 5.02 Å². The third-order valence-electron chi connectivity index (χ3n) is 7.23. The summed E-state index contributed by atoms with van der Waals surface area (Å²) in [6.45, 7) is 0.415. The summed E-state index contributed by atoms with van der Waals surface area (Å²) in [5.41, 5.74) is -6.99.